The molecule has 16 heavy (non-hydrogen) atoms. The van der Waals surface area contributed by atoms with Crippen molar-refractivity contribution < 1.29 is 9.50 Å². The van der Waals surface area contributed by atoms with Gasteiger partial charge in [-0.15, -0.1) is 11.3 Å². The van der Waals surface area contributed by atoms with Crippen LogP contribution in [-0.4, -0.2) is 10.1 Å². The maximum atomic E-state index is 13.2. The van der Waals surface area contributed by atoms with E-state index in [-0.39, 0.29) is 5.82 Å². The summed E-state index contributed by atoms with van der Waals surface area (Å²) in [6.07, 6.45) is 0.545. The summed E-state index contributed by atoms with van der Waals surface area (Å²) in [5.41, 5.74) is 1.25. The van der Waals surface area contributed by atoms with Crippen LogP contribution in [0.1, 0.15) is 22.2 Å². The van der Waals surface area contributed by atoms with Gasteiger partial charge in [-0.25, -0.2) is 9.37 Å². The van der Waals surface area contributed by atoms with Gasteiger partial charge in [0, 0.05) is 0 Å². The first-order valence-corrected chi connectivity index (χ1v) is 5.82. The Bertz CT molecular complexity index is 494. The molecule has 84 valence electrons. The number of aliphatic hydroxyl groups is 1. The van der Waals surface area contributed by atoms with Crippen molar-refractivity contribution in [1.29, 1.82) is 0 Å². The Labute approximate surface area is 101 Å². The molecule has 2 aromatic rings. The minimum atomic E-state index is -0.924. The summed E-state index contributed by atoms with van der Waals surface area (Å²) in [7, 11) is 0. The van der Waals surface area contributed by atoms with Crippen LogP contribution < -0.4 is 0 Å². The van der Waals surface area contributed by atoms with Crippen LogP contribution >= 0.6 is 22.9 Å². The molecular formula is C11H9ClFNOS. The first kappa shape index (κ1) is 11.5. The van der Waals surface area contributed by atoms with E-state index in [1.807, 2.05) is 0 Å². The lowest BCUT2D eigenvalue weighted by atomic mass is 10.1. The number of aliphatic hydroxyl groups excluding tert-OH is 1. The third-order valence-electron chi connectivity index (χ3n) is 2.11. The average molecular weight is 258 g/mol. The normalized spacial score (nSPS) is 12.8. The van der Waals surface area contributed by atoms with Crippen molar-refractivity contribution in [3.63, 3.8) is 0 Å². The summed E-state index contributed by atoms with van der Waals surface area (Å²) < 4.78 is 13.7. The highest BCUT2D eigenvalue weighted by Crippen LogP contribution is 2.29. The van der Waals surface area contributed by atoms with Crippen molar-refractivity contribution in [2.45, 2.75) is 13.0 Å². The average Bonchev–Trinajstić information content (AvgIpc) is 2.62. The molecule has 5 heteroatoms. The zero-order valence-corrected chi connectivity index (χ0v) is 10.0. The number of hydrogen-bond donors (Lipinski definition) is 1. The van der Waals surface area contributed by atoms with Gasteiger partial charge in [-0.3, -0.25) is 0 Å². The van der Waals surface area contributed by atoms with Gasteiger partial charge >= 0.3 is 0 Å². The molecule has 0 amide bonds. The van der Waals surface area contributed by atoms with Crippen molar-refractivity contribution in [3.05, 3.63) is 50.7 Å². The quantitative estimate of drug-likeness (QED) is 0.895. The molecule has 0 bridgehead atoms. The lowest BCUT2D eigenvalue weighted by Crippen LogP contribution is -2.00. The van der Waals surface area contributed by atoms with Gasteiger partial charge in [0.05, 0.1) is 6.20 Å². The smallest absolute Gasteiger partial charge is 0.131 e. The van der Waals surface area contributed by atoms with Gasteiger partial charge in [0.15, 0.2) is 0 Å². The number of halogens is 2. The minimum absolute atomic E-state index is 0.364. The van der Waals surface area contributed by atoms with E-state index in [1.165, 1.54) is 29.7 Å². The van der Waals surface area contributed by atoms with Crippen LogP contribution in [0.2, 0.25) is 4.34 Å². The number of aryl methyl sites for hydroxylation is 1. The van der Waals surface area contributed by atoms with E-state index in [1.54, 1.807) is 13.0 Å². The lowest BCUT2D eigenvalue weighted by Gasteiger charge is -2.08. The van der Waals surface area contributed by atoms with Crippen molar-refractivity contribution >= 4 is 22.9 Å². The number of thiazole rings is 1. The topological polar surface area (TPSA) is 33.1 Å². The van der Waals surface area contributed by atoms with Crippen molar-refractivity contribution in [2.75, 3.05) is 0 Å². The molecule has 0 aliphatic rings. The van der Waals surface area contributed by atoms with Crippen molar-refractivity contribution in [3.8, 4) is 0 Å². The number of aromatic nitrogens is 1. The molecule has 1 heterocycles. The van der Waals surface area contributed by atoms with E-state index in [0.717, 1.165) is 5.56 Å². The molecule has 1 N–H and O–H groups in total. The predicted octanol–water partition coefficient (Wildman–Crippen LogP) is 3.33. The third-order valence-corrected chi connectivity index (χ3v) is 3.28. The summed E-state index contributed by atoms with van der Waals surface area (Å²) >= 11 is 6.91. The van der Waals surface area contributed by atoms with E-state index in [2.05, 4.69) is 4.98 Å². The lowest BCUT2D eigenvalue weighted by molar-refractivity contribution is 0.219. The minimum Gasteiger partial charge on any atom is -0.381 e. The molecule has 1 atom stereocenters. The third kappa shape index (κ3) is 2.40. The van der Waals surface area contributed by atoms with Crippen LogP contribution in [0, 0.1) is 12.7 Å². The zero-order valence-electron chi connectivity index (χ0n) is 8.45. The number of hydrogen-bond acceptors (Lipinski definition) is 3. The number of rotatable bonds is 2. The van der Waals surface area contributed by atoms with Gasteiger partial charge in [0.1, 0.15) is 21.3 Å². The van der Waals surface area contributed by atoms with E-state index in [4.69, 9.17) is 11.6 Å². The van der Waals surface area contributed by atoms with Crippen LogP contribution in [-0.2, 0) is 0 Å². The molecule has 0 saturated heterocycles. The van der Waals surface area contributed by atoms with E-state index in [9.17, 15) is 9.50 Å². The van der Waals surface area contributed by atoms with E-state index >= 15 is 0 Å². The Kier molecular flexibility index (Phi) is 3.23. The van der Waals surface area contributed by atoms with Gasteiger partial charge in [-0.2, -0.15) is 0 Å². The highest BCUT2D eigenvalue weighted by atomic mass is 35.5. The molecule has 0 saturated carbocycles. The molecule has 0 fully saturated rings. The molecule has 2 nitrogen and oxygen atoms in total. The second-order valence-electron chi connectivity index (χ2n) is 3.47. The van der Waals surface area contributed by atoms with Crippen LogP contribution in [0.4, 0.5) is 4.39 Å². The molecule has 1 aromatic carbocycles. The Morgan fingerprint density at radius 1 is 1.44 bits per heavy atom. The largest absolute Gasteiger partial charge is 0.381 e. The molecule has 0 radical (unpaired) electrons. The first-order chi connectivity index (χ1) is 7.56. The van der Waals surface area contributed by atoms with Gasteiger partial charge in [-0.1, -0.05) is 17.7 Å². The molecule has 1 unspecified atom stereocenters. The van der Waals surface area contributed by atoms with Gasteiger partial charge in [0.2, 0.25) is 0 Å². The van der Waals surface area contributed by atoms with E-state index in [0.29, 0.717) is 14.9 Å². The molecule has 0 spiro atoms. The summed E-state index contributed by atoms with van der Waals surface area (Å²) in [5.74, 6) is -0.364. The van der Waals surface area contributed by atoms with Crippen molar-refractivity contribution in [1.82, 2.24) is 4.98 Å². The van der Waals surface area contributed by atoms with Gasteiger partial charge < -0.3 is 5.11 Å². The second kappa shape index (κ2) is 4.49. The fourth-order valence-corrected chi connectivity index (χ4v) is 2.40. The summed E-state index contributed by atoms with van der Waals surface area (Å²) in [6, 6.07) is 4.43. The molecular weight excluding hydrogens is 249 g/mol. The number of nitrogens with zero attached hydrogens (tertiary/aromatic N) is 1. The molecule has 0 aliphatic heterocycles. The zero-order chi connectivity index (χ0) is 11.7. The fraction of sp³-hybridized carbons (Fsp3) is 0.182. The SMILES string of the molecule is Cc1cc(F)cc(C(O)c2ncc(Cl)s2)c1. The fourth-order valence-electron chi connectivity index (χ4n) is 1.46. The Morgan fingerprint density at radius 2 is 2.19 bits per heavy atom. The van der Waals surface area contributed by atoms with E-state index < -0.39 is 6.10 Å². The summed E-state index contributed by atoms with van der Waals surface area (Å²) in [6.45, 7) is 1.77. The molecule has 2 rings (SSSR count). The monoisotopic (exact) mass is 257 g/mol. The Balaban J connectivity index is 2.37. The Hall–Kier alpha value is -0.970. The molecule has 1 aromatic heterocycles. The number of benzene rings is 1. The summed E-state index contributed by atoms with van der Waals surface area (Å²) in [5, 5.41) is 10.4. The van der Waals surface area contributed by atoms with Crippen LogP contribution in [0.3, 0.4) is 0 Å². The highest BCUT2D eigenvalue weighted by Gasteiger charge is 2.15. The second-order valence-corrected chi connectivity index (χ2v) is 5.16. The molecule has 0 aliphatic carbocycles. The Morgan fingerprint density at radius 3 is 2.75 bits per heavy atom. The summed E-state index contributed by atoms with van der Waals surface area (Å²) in [4.78, 5) is 3.97. The van der Waals surface area contributed by atoms with Crippen LogP contribution in [0.5, 0.6) is 0 Å². The maximum absolute atomic E-state index is 13.2. The standard InChI is InChI=1S/C11H9ClFNOS/c1-6-2-7(4-8(13)3-6)10(15)11-14-5-9(12)16-11/h2-5,10,15H,1H3. The van der Waals surface area contributed by atoms with Gasteiger partial charge in [0.25, 0.3) is 0 Å². The van der Waals surface area contributed by atoms with Gasteiger partial charge in [-0.05, 0) is 30.2 Å². The highest BCUT2D eigenvalue weighted by molar-refractivity contribution is 7.15. The first-order valence-electron chi connectivity index (χ1n) is 4.62. The van der Waals surface area contributed by atoms with Crippen molar-refractivity contribution in [2.24, 2.45) is 0 Å². The van der Waals surface area contributed by atoms with Crippen LogP contribution in [0.15, 0.2) is 24.4 Å². The predicted molar refractivity (Wildman–Crippen MR) is 62.3 cm³/mol. The van der Waals surface area contributed by atoms with Crippen LogP contribution in [0.25, 0.3) is 0 Å². The maximum Gasteiger partial charge on any atom is 0.131 e.